The van der Waals surface area contributed by atoms with Crippen molar-refractivity contribution in [2.45, 2.75) is 30.3 Å². The van der Waals surface area contributed by atoms with Gasteiger partial charge in [-0.25, -0.2) is 12.8 Å². The quantitative estimate of drug-likeness (QED) is 0.807. The maximum Gasteiger partial charge on any atom is 0.243 e. The molecular formula is C13H17FN2O3S2. The molecule has 0 aliphatic carbocycles. The van der Waals surface area contributed by atoms with Gasteiger partial charge in [-0.1, -0.05) is 12.2 Å². The smallest absolute Gasteiger partial charge is 0.243 e. The number of nitrogens with two attached hydrogens (primary N) is 1. The summed E-state index contributed by atoms with van der Waals surface area (Å²) in [4.78, 5) is -0.278. The third-order valence-corrected chi connectivity index (χ3v) is 5.54. The Labute approximate surface area is 128 Å². The van der Waals surface area contributed by atoms with Crippen molar-refractivity contribution in [2.75, 3.05) is 13.1 Å². The molecule has 1 fully saturated rings. The van der Waals surface area contributed by atoms with Gasteiger partial charge in [-0.2, -0.15) is 4.31 Å². The summed E-state index contributed by atoms with van der Waals surface area (Å²) in [5, 5.41) is 10.0. The SMILES string of the molecule is CC1(O)CCCN(S(=O)(=O)c2ccc(F)c(C(N)=S)c2)C1. The summed E-state index contributed by atoms with van der Waals surface area (Å²) in [6.07, 6.45) is 1.11. The zero-order valence-electron chi connectivity index (χ0n) is 11.5. The van der Waals surface area contributed by atoms with Crippen LogP contribution in [0.1, 0.15) is 25.3 Å². The van der Waals surface area contributed by atoms with Crippen LogP contribution in [0.2, 0.25) is 0 Å². The standard InChI is InChI=1S/C13H17FN2O3S2/c1-13(17)5-2-6-16(8-13)21(18,19)9-3-4-11(14)10(7-9)12(15)20/h3-4,7,17H,2,5-6,8H2,1H3,(H2,15,20). The van der Waals surface area contributed by atoms with Crippen LogP contribution in [0, 0.1) is 5.82 Å². The molecule has 1 aromatic carbocycles. The molecule has 0 bridgehead atoms. The minimum atomic E-state index is -3.81. The lowest BCUT2D eigenvalue weighted by molar-refractivity contribution is 0.00940. The molecule has 1 heterocycles. The van der Waals surface area contributed by atoms with Gasteiger partial charge in [0.25, 0.3) is 0 Å². The molecule has 0 radical (unpaired) electrons. The Morgan fingerprint density at radius 1 is 1.52 bits per heavy atom. The molecule has 1 aliphatic heterocycles. The van der Waals surface area contributed by atoms with Crippen LogP contribution in [0.25, 0.3) is 0 Å². The Balaban J connectivity index is 2.40. The van der Waals surface area contributed by atoms with Crippen molar-refractivity contribution in [1.29, 1.82) is 0 Å². The Bertz CT molecular complexity index is 674. The van der Waals surface area contributed by atoms with E-state index < -0.39 is 21.4 Å². The number of aliphatic hydroxyl groups is 1. The third kappa shape index (κ3) is 3.39. The van der Waals surface area contributed by atoms with Gasteiger partial charge in [0, 0.05) is 18.7 Å². The molecule has 2 rings (SSSR count). The summed E-state index contributed by atoms with van der Waals surface area (Å²) in [5.41, 5.74) is 4.23. The maximum atomic E-state index is 13.6. The Morgan fingerprint density at radius 2 is 2.19 bits per heavy atom. The largest absolute Gasteiger partial charge is 0.389 e. The summed E-state index contributed by atoms with van der Waals surface area (Å²) >= 11 is 4.71. The van der Waals surface area contributed by atoms with Crippen molar-refractivity contribution in [3.8, 4) is 0 Å². The number of sulfonamides is 1. The maximum absolute atomic E-state index is 13.6. The van der Waals surface area contributed by atoms with Crippen LogP contribution in [-0.2, 0) is 10.0 Å². The zero-order chi connectivity index (χ0) is 15.8. The summed E-state index contributed by atoms with van der Waals surface area (Å²) < 4.78 is 39.9. The van der Waals surface area contributed by atoms with E-state index in [1.54, 1.807) is 6.92 Å². The van der Waals surface area contributed by atoms with Crippen molar-refractivity contribution in [1.82, 2.24) is 4.31 Å². The lowest BCUT2D eigenvalue weighted by Crippen LogP contribution is -2.48. The van der Waals surface area contributed by atoms with Crippen LogP contribution in [0.4, 0.5) is 4.39 Å². The Kier molecular flexibility index (Phi) is 4.34. The first-order valence-corrected chi connectivity index (χ1v) is 8.30. The molecule has 1 atom stereocenters. The number of benzene rings is 1. The fraction of sp³-hybridized carbons (Fsp3) is 0.462. The summed E-state index contributed by atoms with van der Waals surface area (Å²) in [7, 11) is -3.81. The van der Waals surface area contributed by atoms with E-state index in [0.29, 0.717) is 19.4 Å². The van der Waals surface area contributed by atoms with E-state index in [2.05, 4.69) is 0 Å². The molecule has 1 aliphatic rings. The van der Waals surface area contributed by atoms with Crippen molar-refractivity contribution in [3.63, 3.8) is 0 Å². The molecule has 0 aromatic heterocycles. The lowest BCUT2D eigenvalue weighted by atomic mass is 9.97. The van der Waals surface area contributed by atoms with Crippen LogP contribution in [-0.4, -0.2) is 41.5 Å². The summed E-state index contributed by atoms with van der Waals surface area (Å²) in [6.45, 7) is 1.92. The molecule has 3 N–H and O–H groups in total. The number of nitrogens with zero attached hydrogens (tertiary/aromatic N) is 1. The zero-order valence-corrected chi connectivity index (χ0v) is 13.2. The number of hydrogen-bond acceptors (Lipinski definition) is 4. The number of β-amino-alcohol motifs (C(OH)–C–C–N with tert-alkyl or cyclic N) is 1. The Morgan fingerprint density at radius 3 is 2.76 bits per heavy atom. The van der Waals surface area contributed by atoms with E-state index in [-0.39, 0.29) is 22.0 Å². The van der Waals surface area contributed by atoms with Crippen LogP contribution >= 0.6 is 12.2 Å². The number of halogens is 1. The van der Waals surface area contributed by atoms with Crippen LogP contribution < -0.4 is 5.73 Å². The first-order chi connectivity index (χ1) is 9.63. The van der Waals surface area contributed by atoms with E-state index in [0.717, 1.165) is 12.1 Å². The summed E-state index contributed by atoms with van der Waals surface area (Å²) in [6, 6.07) is 3.34. The van der Waals surface area contributed by atoms with E-state index in [4.69, 9.17) is 18.0 Å². The third-order valence-electron chi connectivity index (χ3n) is 3.48. The van der Waals surface area contributed by atoms with Crippen molar-refractivity contribution in [3.05, 3.63) is 29.6 Å². The normalized spacial score (nSPS) is 24.0. The minimum absolute atomic E-state index is 0.00904. The highest BCUT2D eigenvalue weighted by molar-refractivity contribution is 7.89. The van der Waals surface area contributed by atoms with Crippen LogP contribution in [0.5, 0.6) is 0 Å². The number of piperidine rings is 1. The summed E-state index contributed by atoms with van der Waals surface area (Å²) in [5.74, 6) is -0.660. The molecule has 0 saturated carbocycles. The van der Waals surface area contributed by atoms with E-state index in [9.17, 15) is 17.9 Å². The fourth-order valence-electron chi connectivity index (χ4n) is 2.38. The molecule has 1 aromatic rings. The fourth-order valence-corrected chi connectivity index (χ4v) is 4.16. The minimum Gasteiger partial charge on any atom is -0.389 e. The molecule has 21 heavy (non-hydrogen) atoms. The first-order valence-electron chi connectivity index (χ1n) is 6.45. The average molecular weight is 332 g/mol. The average Bonchev–Trinajstić information content (AvgIpc) is 2.37. The van der Waals surface area contributed by atoms with Gasteiger partial charge in [-0.05, 0) is 38.0 Å². The molecule has 116 valence electrons. The lowest BCUT2D eigenvalue weighted by Gasteiger charge is -2.36. The predicted octanol–water partition coefficient (Wildman–Crippen LogP) is 0.995. The second-order valence-corrected chi connectivity index (χ2v) is 7.82. The molecule has 0 spiro atoms. The van der Waals surface area contributed by atoms with Gasteiger partial charge in [0.2, 0.25) is 10.0 Å². The number of thiocarbonyl (C=S) groups is 1. The first kappa shape index (κ1) is 16.3. The molecule has 5 nitrogen and oxygen atoms in total. The molecular weight excluding hydrogens is 315 g/mol. The van der Waals surface area contributed by atoms with E-state index >= 15 is 0 Å². The number of hydrogen-bond donors (Lipinski definition) is 2. The van der Waals surface area contributed by atoms with Gasteiger partial charge in [0.05, 0.1) is 10.5 Å². The van der Waals surface area contributed by atoms with Crippen LogP contribution in [0.15, 0.2) is 23.1 Å². The van der Waals surface area contributed by atoms with Gasteiger partial charge in [-0.15, -0.1) is 0 Å². The van der Waals surface area contributed by atoms with Crippen molar-refractivity contribution >= 4 is 27.2 Å². The highest BCUT2D eigenvalue weighted by Crippen LogP contribution is 2.26. The Hall–Kier alpha value is -1.09. The topological polar surface area (TPSA) is 83.6 Å². The molecule has 1 saturated heterocycles. The highest BCUT2D eigenvalue weighted by atomic mass is 32.2. The second kappa shape index (κ2) is 5.60. The predicted molar refractivity (Wildman–Crippen MR) is 80.9 cm³/mol. The van der Waals surface area contributed by atoms with Gasteiger partial charge in [0.15, 0.2) is 0 Å². The van der Waals surface area contributed by atoms with Gasteiger partial charge < -0.3 is 10.8 Å². The molecule has 0 amide bonds. The van der Waals surface area contributed by atoms with Crippen molar-refractivity contribution < 1.29 is 17.9 Å². The van der Waals surface area contributed by atoms with E-state index in [1.165, 1.54) is 10.4 Å². The van der Waals surface area contributed by atoms with Crippen molar-refractivity contribution in [2.24, 2.45) is 5.73 Å². The van der Waals surface area contributed by atoms with Crippen LogP contribution in [0.3, 0.4) is 0 Å². The second-order valence-electron chi connectivity index (χ2n) is 5.44. The highest BCUT2D eigenvalue weighted by Gasteiger charge is 2.35. The molecule has 8 heteroatoms. The number of rotatable bonds is 3. The van der Waals surface area contributed by atoms with Gasteiger partial charge >= 0.3 is 0 Å². The van der Waals surface area contributed by atoms with Gasteiger partial charge in [-0.3, -0.25) is 0 Å². The molecule has 1 unspecified atom stereocenters. The monoisotopic (exact) mass is 332 g/mol. The van der Waals surface area contributed by atoms with Gasteiger partial charge in [0.1, 0.15) is 10.8 Å². The van der Waals surface area contributed by atoms with E-state index in [1.807, 2.05) is 0 Å².